The second-order valence-electron chi connectivity index (χ2n) is 2.70. The van der Waals surface area contributed by atoms with Crippen LogP contribution in [0.15, 0.2) is 22.6 Å². The van der Waals surface area contributed by atoms with Crippen LogP contribution >= 0.6 is 0 Å². The summed E-state index contributed by atoms with van der Waals surface area (Å²) in [6, 6.07) is 4.98. The van der Waals surface area contributed by atoms with E-state index in [0.717, 1.165) is 0 Å². The molecule has 0 aliphatic carbocycles. The number of rotatable bonds is 2. The Balaban J connectivity index is 2.73. The first-order valence-electron chi connectivity index (χ1n) is 3.95. The number of fused-ring (bicyclic) bond motifs is 1. The molecule has 5 nitrogen and oxygen atoms in total. The van der Waals surface area contributed by atoms with Crippen molar-refractivity contribution in [2.45, 2.75) is 0 Å². The molecule has 0 spiro atoms. The summed E-state index contributed by atoms with van der Waals surface area (Å²) in [5.41, 5.74) is 6.38. The van der Waals surface area contributed by atoms with E-state index in [-0.39, 0.29) is 6.08 Å². The van der Waals surface area contributed by atoms with Crippen LogP contribution in [-0.2, 0) is 0 Å². The summed E-state index contributed by atoms with van der Waals surface area (Å²) in [5, 5.41) is 0. The predicted octanol–water partition coefficient (Wildman–Crippen LogP) is 0.935. The number of hydrogen-bond donors (Lipinski definition) is 1. The quantitative estimate of drug-likeness (QED) is 0.767. The van der Waals surface area contributed by atoms with Crippen LogP contribution < -0.4 is 10.5 Å². The second kappa shape index (κ2) is 3.02. The highest BCUT2D eigenvalue weighted by Crippen LogP contribution is 2.23. The Labute approximate surface area is 79.5 Å². The van der Waals surface area contributed by atoms with E-state index in [0.29, 0.717) is 16.7 Å². The Morgan fingerprint density at radius 2 is 2.36 bits per heavy atom. The van der Waals surface area contributed by atoms with Gasteiger partial charge in [-0.3, -0.25) is 4.79 Å². The van der Waals surface area contributed by atoms with Crippen LogP contribution in [0, 0.1) is 0 Å². The minimum Gasteiger partial charge on any atom is -0.453 e. The maximum atomic E-state index is 11.0. The van der Waals surface area contributed by atoms with Gasteiger partial charge < -0.3 is 14.9 Å². The van der Waals surface area contributed by atoms with Gasteiger partial charge in [0.25, 0.3) is 5.91 Å². The molecule has 0 aliphatic heterocycles. The highest BCUT2D eigenvalue weighted by atomic mass is 16.6. The monoisotopic (exact) mass is 192 g/mol. The standard InChI is InChI=1S/C9H8N2O3/c1-13-9-11-6-4-2-3-5(8(10)12)7(6)14-9/h2-4H,1H3,(H2,10,12). The van der Waals surface area contributed by atoms with Gasteiger partial charge in [-0.15, -0.1) is 0 Å². The molecule has 2 aromatic rings. The van der Waals surface area contributed by atoms with Crippen LogP contribution in [0.4, 0.5) is 0 Å². The Morgan fingerprint density at radius 3 is 3.00 bits per heavy atom. The van der Waals surface area contributed by atoms with Crippen LogP contribution in [0.3, 0.4) is 0 Å². The smallest absolute Gasteiger partial charge is 0.394 e. The average Bonchev–Trinajstić information content (AvgIpc) is 2.59. The third-order valence-electron chi connectivity index (χ3n) is 1.84. The molecule has 72 valence electrons. The van der Waals surface area contributed by atoms with Crippen molar-refractivity contribution in [3.63, 3.8) is 0 Å². The molecule has 0 atom stereocenters. The van der Waals surface area contributed by atoms with Crippen molar-refractivity contribution in [2.75, 3.05) is 7.11 Å². The first kappa shape index (κ1) is 8.55. The number of hydrogen-bond acceptors (Lipinski definition) is 4. The van der Waals surface area contributed by atoms with Crippen LogP contribution in [0.1, 0.15) is 10.4 Å². The van der Waals surface area contributed by atoms with E-state index >= 15 is 0 Å². The molecule has 0 aliphatic rings. The number of ether oxygens (including phenoxy) is 1. The maximum absolute atomic E-state index is 11.0. The number of para-hydroxylation sites is 1. The fourth-order valence-electron chi connectivity index (χ4n) is 1.21. The zero-order chi connectivity index (χ0) is 10.1. The van der Waals surface area contributed by atoms with Gasteiger partial charge in [0.1, 0.15) is 5.52 Å². The van der Waals surface area contributed by atoms with E-state index in [4.69, 9.17) is 14.9 Å². The van der Waals surface area contributed by atoms with E-state index in [1.807, 2.05) is 0 Å². The number of carbonyl (C=O) groups is 1. The van der Waals surface area contributed by atoms with Crippen LogP contribution in [0.2, 0.25) is 0 Å². The van der Waals surface area contributed by atoms with E-state index < -0.39 is 5.91 Å². The summed E-state index contributed by atoms with van der Waals surface area (Å²) in [6.45, 7) is 0. The molecule has 1 aromatic carbocycles. The van der Waals surface area contributed by atoms with Gasteiger partial charge in [0, 0.05) is 0 Å². The summed E-state index contributed by atoms with van der Waals surface area (Å²) in [5.74, 6) is -0.547. The van der Waals surface area contributed by atoms with Crippen molar-refractivity contribution >= 4 is 17.0 Å². The van der Waals surface area contributed by atoms with Gasteiger partial charge in [-0.05, 0) is 12.1 Å². The van der Waals surface area contributed by atoms with Crippen LogP contribution in [0.25, 0.3) is 11.1 Å². The molecule has 1 heterocycles. The van der Waals surface area contributed by atoms with Gasteiger partial charge in [-0.25, -0.2) is 0 Å². The van der Waals surface area contributed by atoms with Gasteiger partial charge >= 0.3 is 6.08 Å². The first-order valence-corrected chi connectivity index (χ1v) is 3.95. The molecule has 0 bridgehead atoms. The van der Waals surface area contributed by atoms with Crippen molar-refractivity contribution in [2.24, 2.45) is 5.73 Å². The predicted molar refractivity (Wildman–Crippen MR) is 49.1 cm³/mol. The third kappa shape index (κ3) is 1.19. The van der Waals surface area contributed by atoms with Crippen molar-refractivity contribution in [1.29, 1.82) is 0 Å². The number of benzene rings is 1. The Hall–Kier alpha value is -2.04. The van der Waals surface area contributed by atoms with E-state index in [1.54, 1.807) is 18.2 Å². The molecule has 1 amide bonds. The molecule has 5 heteroatoms. The second-order valence-corrected chi connectivity index (χ2v) is 2.70. The highest BCUT2D eigenvalue weighted by molar-refractivity contribution is 6.03. The Morgan fingerprint density at radius 1 is 1.57 bits per heavy atom. The summed E-state index contributed by atoms with van der Waals surface area (Å²) < 4.78 is 9.98. The number of aromatic nitrogens is 1. The number of methoxy groups -OCH3 is 1. The van der Waals surface area contributed by atoms with Gasteiger partial charge in [0.05, 0.1) is 12.7 Å². The molecular weight excluding hydrogens is 184 g/mol. The number of carbonyl (C=O) groups excluding carboxylic acids is 1. The van der Waals surface area contributed by atoms with Crippen LogP contribution in [-0.4, -0.2) is 18.0 Å². The average molecular weight is 192 g/mol. The number of nitrogens with two attached hydrogens (primary N) is 1. The fraction of sp³-hybridized carbons (Fsp3) is 0.111. The van der Waals surface area contributed by atoms with Gasteiger partial charge in [-0.1, -0.05) is 6.07 Å². The van der Waals surface area contributed by atoms with Crippen LogP contribution in [0.5, 0.6) is 6.08 Å². The topological polar surface area (TPSA) is 78.4 Å². The fourth-order valence-corrected chi connectivity index (χ4v) is 1.21. The van der Waals surface area contributed by atoms with Gasteiger partial charge in [-0.2, -0.15) is 4.98 Å². The Kier molecular flexibility index (Phi) is 1.85. The van der Waals surface area contributed by atoms with Crippen molar-refractivity contribution in [3.05, 3.63) is 23.8 Å². The normalized spacial score (nSPS) is 10.4. The molecule has 0 saturated carbocycles. The van der Waals surface area contributed by atoms with Gasteiger partial charge in [0.2, 0.25) is 0 Å². The minimum absolute atomic E-state index is 0.119. The lowest BCUT2D eigenvalue weighted by Crippen LogP contribution is -2.10. The molecule has 2 rings (SSSR count). The van der Waals surface area contributed by atoms with Crippen molar-refractivity contribution in [1.82, 2.24) is 4.98 Å². The van der Waals surface area contributed by atoms with Crippen molar-refractivity contribution in [3.8, 4) is 6.08 Å². The Bertz CT molecular complexity index is 490. The van der Waals surface area contributed by atoms with E-state index in [1.165, 1.54) is 7.11 Å². The molecule has 1 aromatic heterocycles. The largest absolute Gasteiger partial charge is 0.453 e. The molecule has 0 saturated heterocycles. The molecule has 2 N–H and O–H groups in total. The lowest BCUT2D eigenvalue weighted by molar-refractivity contribution is 0.100. The summed E-state index contributed by atoms with van der Waals surface area (Å²) in [7, 11) is 1.44. The molecule has 0 unspecified atom stereocenters. The maximum Gasteiger partial charge on any atom is 0.394 e. The lowest BCUT2D eigenvalue weighted by atomic mass is 10.2. The van der Waals surface area contributed by atoms with Gasteiger partial charge in [0.15, 0.2) is 5.58 Å². The summed E-state index contributed by atoms with van der Waals surface area (Å²) >= 11 is 0. The number of amides is 1. The first-order chi connectivity index (χ1) is 6.72. The SMILES string of the molecule is COc1nc2cccc(C(N)=O)c2o1. The zero-order valence-electron chi connectivity index (χ0n) is 7.48. The highest BCUT2D eigenvalue weighted by Gasteiger charge is 2.12. The number of oxazole rings is 1. The molecule has 14 heavy (non-hydrogen) atoms. The number of primary amides is 1. The van der Waals surface area contributed by atoms with E-state index in [9.17, 15) is 4.79 Å². The number of nitrogens with zero attached hydrogens (tertiary/aromatic N) is 1. The molecule has 0 radical (unpaired) electrons. The lowest BCUT2D eigenvalue weighted by Gasteiger charge is -1.93. The molecular formula is C9H8N2O3. The van der Waals surface area contributed by atoms with E-state index in [2.05, 4.69) is 4.98 Å². The third-order valence-corrected chi connectivity index (χ3v) is 1.84. The minimum atomic E-state index is -0.547. The zero-order valence-corrected chi connectivity index (χ0v) is 7.48. The molecule has 0 fully saturated rings. The summed E-state index contributed by atoms with van der Waals surface area (Å²) in [4.78, 5) is 15.0. The summed E-state index contributed by atoms with van der Waals surface area (Å²) in [6.07, 6.45) is 0.119. The van der Waals surface area contributed by atoms with Crippen molar-refractivity contribution < 1.29 is 13.9 Å².